The summed E-state index contributed by atoms with van der Waals surface area (Å²) in [7, 11) is 3.79. The van der Waals surface area contributed by atoms with Crippen LogP contribution in [0.3, 0.4) is 0 Å². The molecule has 0 spiro atoms. The molecule has 0 saturated carbocycles. The second-order valence-electron chi connectivity index (χ2n) is 2.40. The number of nitrogens with zero attached hydrogens (tertiary/aromatic N) is 1. The minimum atomic E-state index is -0.472. The highest BCUT2D eigenvalue weighted by Crippen LogP contribution is 1.92. The van der Waals surface area contributed by atoms with E-state index < -0.39 is 6.03 Å². The summed E-state index contributed by atoms with van der Waals surface area (Å²) in [4.78, 5) is 12.3. The Morgan fingerprint density at radius 3 is 2.18 bits per heavy atom. The van der Waals surface area contributed by atoms with Crippen LogP contribution >= 0.6 is 12.4 Å². The predicted molar refractivity (Wildman–Crippen MR) is 47.7 cm³/mol. The van der Waals surface area contributed by atoms with Gasteiger partial charge >= 0.3 is 6.03 Å². The molecule has 0 bridgehead atoms. The van der Waals surface area contributed by atoms with E-state index in [1.165, 1.54) is 0 Å². The van der Waals surface area contributed by atoms with Crippen molar-refractivity contribution in [3.8, 4) is 0 Å². The largest absolute Gasteiger partial charge is 0.352 e. The van der Waals surface area contributed by atoms with Crippen LogP contribution in [0, 0.1) is 0 Å². The van der Waals surface area contributed by atoms with Gasteiger partial charge in [0.2, 0.25) is 0 Å². The number of nitrogens with two attached hydrogens (primary N) is 1. The van der Waals surface area contributed by atoms with Crippen LogP contribution in [0.5, 0.6) is 0 Å². The van der Waals surface area contributed by atoms with Gasteiger partial charge in [-0.15, -0.1) is 12.4 Å². The molecule has 0 radical (unpaired) electrons. The monoisotopic (exact) mass is 181 g/mol. The molecule has 5 heteroatoms. The second-order valence-corrected chi connectivity index (χ2v) is 2.40. The average molecular weight is 182 g/mol. The summed E-state index contributed by atoms with van der Waals surface area (Å²) in [5.41, 5.74) is 4.93. The number of rotatable bonds is 3. The molecule has 0 heterocycles. The van der Waals surface area contributed by atoms with Crippen molar-refractivity contribution in [1.82, 2.24) is 10.2 Å². The Balaban J connectivity index is 0. The van der Waals surface area contributed by atoms with Gasteiger partial charge in [-0.25, -0.2) is 4.79 Å². The zero-order valence-corrected chi connectivity index (χ0v) is 7.94. The van der Waals surface area contributed by atoms with Crippen LogP contribution < -0.4 is 11.1 Å². The van der Waals surface area contributed by atoms with Crippen molar-refractivity contribution in [2.24, 2.45) is 5.73 Å². The quantitative estimate of drug-likeness (QED) is 0.619. The summed E-state index contributed by atoms with van der Waals surface area (Å²) in [6.45, 7) is 1.99. The fraction of sp³-hybridized carbons (Fsp3) is 0.833. The third kappa shape index (κ3) is 5.94. The van der Waals surface area contributed by atoms with E-state index >= 15 is 0 Å². The maximum Gasteiger partial charge on any atom is 0.313 e. The van der Waals surface area contributed by atoms with Gasteiger partial charge in [-0.05, 0) is 20.5 Å². The van der Waals surface area contributed by atoms with Crippen LogP contribution in [0.1, 0.15) is 13.3 Å². The predicted octanol–water partition coefficient (Wildman–Crippen LogP) is 0.374. The van der Waals surface area contributed by atoms with Gasteiger partial charge in [0.25, 0.3) is 0 Å². The highest BCUT2D eigenvalue weighted by molar-refractivity contribution is 5.85. The molecule has 4 nitrogen and oxygen atoms in total. The Morgan fingerprint density at radius 2 is 2.09 bits per heavy atom. The fourth-order valence-corrected chi connectivity index (χ4v) is 0.761. The zero-order valence-electron chi connectivity index (χ0n) is 7.13. The summed E-state index contributed by atoms with van der Waals surface area (Å²) >= 11 is 0. The van der Waals surface area contributed by atoms with E-state index in [0.717, 1.165) is 6.42 Å². The zero-order chi connectivity index (χ0) is 8.15. The first-order chi connectivity index (χ1) is 4.57. The number of hydrogen-bond donors (Lipinski definition) is 2. The standard InChI is InChI=1S/C6H15N3O.ClH/c1-4-5(9(2)3)8-6(7)10;/h5H,4H2,1-3H3,(H3,7,8,10);1H. The molecule has 0 aromatic carbocycles. The summed E-state index contributed by atoms with van der Waals surface area (Å²) < 4.78 is 0. The molecular formula is C6H16ClN3O. The number of hydrogen-bond acceptors (Lipinski definition) is 2. The first-order valence-corrected chi connectivity index (χ1v) is 3.30. The number of urea groups is 1. The van der Waals surface area contributed by atoms with Gasteiger partial charge < -0.3 is 11.1 Å². The summed E-state index contributed by atoms with van der Waals surface area (Å²) in [6, 6.07) is -0.472. The Hall–Kier alpha value is -0.480. The number of halogens is 1. The second kappa shape index (κ2) is 6.24. The summed E-state index contributed by atoms with van der Waals surface area (Å²) in [6.07, 6.45) is 0.910. The minimum Gasteiger partial charge on any atom is -0.352 e. The lowest BCUT2D eigenvalue weighted by Gasteiger charge is -2.22. The first kappa shape index (κ1) is 13.1. The lowest BCUT2D eigenvalue weighted by atomic mass is 10.3. The van der Waals surface area contributed by atoms with Crippen molar-refractivity contribution in [3.05, 3.63) is 0 Å². The van der Waals surface area contributed by atoms with Crippen molar-refractivity contribution < 1.29 is 4.79 Å². The van der Waals surface area contributed by atoms with Crippen molar-refractivity contribution in [3.63, 3.8) is 0 Å². The van der Waals surface area contributed by atoms with E-state index in [1.54, 1.807) is 0 Å². The maximum absolute atomic E-state index is 10.4. The van der Waals surface area contributed by atoms with E-state index in [1.807, 2.05) is 25.9 Å². The highest BCUT2D eigenvalue weighted by Gasteiger charge is 2.08. The number of nitrogens with one attached hydrogen (secondary N) is 1. The molecule has 3 N–H and O–H groups in total. The fourth-order valence-electron chi connectivity index (χ4n) is 0.761. The molecule has 0 aromatic rings. The Bertz CT molecular complexity index is 118. The van der Waals surface area contributed by atoms with Crippen LogP contribution in [0.4, 0.5) is 4.79 Å². The molecule has 0 aliphatic heterocycles. The van der Waals surface area contributed by atoms with Crippen LogP contribution in [0.15, 0.2) is 0 Å². The van der Waals surface area contributed by atoms with Gasteiger partial charge in [0.15, 0.2) is 0 Å². The molecule has 68 valence electrons. The third-order valence-electron chi connectivity index (χ3n) is 1.32. The molecule has 0 aliphatic carbocycles. The maximum atomic E-state index is 10.4. The van der Waals surface area contributed by atoms with Crippen LogP contribution in [0.25, 0.3) is 0 Å². The van der Waals surface area contributed by atoms with E-state index in [9.17, 15) is 4.79 Å². The smallest absolute Gasteiger partial charge is 0.313 e. The normalized spacial score (nSPS) is 12.0. The van der Waals surface area contributed by atoms with Gasteiger partial charge in [-0.3, -0.25) is 4.90 Å². The number of amides is 2. The number of carbonyl (C=O) groups is 1. The topological polar surface area (TPSA) is 58.4 Å². The van der Waals surface area contributed by atoms with E-state index in [4.69, 9.17) is 5.73 Å². The first-order valence-electron chi connectivity index (χ1n) is 3.30. The van der Waals surface area contributed by atoms with Crippen molar-refractivity contribution in [2.45, 2.75) is 19.5 Å². The molecule has 0 aliphatic rings. The number of carbonyl (C=O) groups excluding carboxylic acids is 1. The van der Waals surface area contributed by atoms with Gasteiger partial charge in [0.05, 0.1) is 6.17 Å². The van der Waals surface area contributed by atoms with Crippen molar-refractivity contribution >= 4 is 18.4 Å². The molecule has 2 amide bonds. The van der Waals surface area contributed by atoms with Crippen LogP contribution in [-0.2, 0) is 0 Å². The molecule has 0 fully saturated rings. The molecule has 0 rings (SSSR count). The van der Waals surface area contributed by atoms with Gasteiger partial charge in [0.1, 0.15) is 0 Å². The Kier molecular flexibility index (Phi) is 7.46. The van der Waals surface area contributed by atoms with Crippen molar-refractivity contribution in [2.75, 3.05) is 14.1 Å². The lowest BCUT2D eigenvalue weighted by molar-refractivity contribution is 0.214. The van der Waals surface area contributed by atoms with E-state index in [-0.39, 0.29) is 18.6 Å². The Labute approximate surface area is 73.5 Å². The number of primary amides is 1. The SMILES string of the molecule is CCC(NC(N)=O)N(C)C.Cl. The van der Waals surface area contributed by atoms with Gasteiger partial charge in [0, 0.05) is 0 Å². The molecule has 0 saturated heterocycles. The van der Waals surface area contributed by atoms with E-state index in [0.29, 0.717) is 0 Å². The Morgan fingerprint density at radius 1 is 1.64 bits per heavy atom. The molecular weight excluding hydrogens is 166 g/mol. The van der Waals surface area contributed by atoms with Crippen LogP contribution in [0.2, 0.25) is 0 Å². The molecule has 11 heavy (non-hydrogen) atoms. The highest BCUT2D eigenvalue weighted by atomic mass is 35.5. The third-order valence-corrected chi connectivity index (χ3v) is 1.32. The van der Waals surface area contributed by atoms with Gasteiger partial charge in [-0.1, -0.05) is 6.92 Å². The minimum absolute atomic E-state index is 0. The molecule has 0 aromatic heterocycles. The molecule has 1 unspecified atom stereocenters. The lowest BCUT2D eigenvalue weighted by Crippen LogP contribution is -2.46. The van der Waals surface area contributed by atoms with Gasteiger partial charge in [-0.2, -0.15) is 0 Å². The van der Waals surface area contributed by atoms with E-state index in [2.05, 4.69) is 5.32 Å². The van der Waals surface area contributed by atoms with Crippen molar-refractivity contribution in [1.29, 1.82) is 0 Å². The average Bonchev–Trinajstić information content (AvgIpc) is 1.81. The summed E-state index contributed by atoms with van der Waals surface area (Å²) in [5, 5.41) is 2.59. The molecule has 1 atom stereocenters. The summed E-state index contributed by atoms with van der Waals surface area (Å²) in [5.74, 6) is 0. The van der Waals surface area contributed by atoms with Crippen LogP contribution in [-0.4, -0.2) is 31.2 Å².